The van der Waals surface area contributed by atoms with Gasteiger partial charge in [-0.2, -0.15) is 0 Å². The topological polar surface area (TPSA) is 35.5 Å². The number of rotatable bonds is 5. The highest BCUT2D eigenvalue weighted by Gasteiger charge is 2.09. The first-order chi connectivity index (χ1) is 10.5. The minimum Gasteiger partial charge on any atom is -0.497 e. The van der Waals surface area contributed by atoms with Crippen molar-refractivity contribution >= 4 is 23.5 Å². The number of ketones is 1. The van der Waals surface area contributed by atoms with E-state index in [4.69, 9.17) is 21.1 Å². The molecule has 0 atom stereocenters. The zero-order valence-electron chi connectivity index (χ0n) is 12.1. The average molecular weight is 321 g/mol. The van der Waals surface area contributed by atoms with Gasteiger partial charge in [0.05, 0.1) is 19.2 Å². The van der Waals surface area contributed by atoms with Gasteiger partial charge < -0.3 is 9.47 Å². The molecule has 5 heteroatoms. The molecule has 22 heavy (non-hydrogen) atoms. The van der Waals surface area contributed by atoms with Gasteiger partial charge in [0.15, 0.2) is 5.78 Å². The van der Waals surface area contributed by atoms with Crippen molar-refractivity contribution in [3.8, 4) is 11.5 Å². The Hall–Kier alpha value is -2.33. The largest absolute Gasteiger partial charge is 0.497 e. The number of methoxy groups -OCH3 is 2. The van der Waals surface area contributed by atoms with Gasteiger partial charge in [-0.15, -0.1) is 0 Å². The van der Waals surface area contributed by atoms with Crippen LogP contribution >= 0.6 is 11.6 Å². The van der Waals surface area contributed by atoms with Crippen molar-refractivity contribution in [1.29, 1.82) is 0 Å². The van der Waals surface area contributed by atoms with Gasteiger partial charge in [-0.1, -0.05) is 11.6 Å². The van der Waals surface area contributed by atoms with E-state index in [2.05, 4.69) is 0 Å². The molecule has 0 bridgehead atoms. The Morgan fingerprint density at radius 2 is 1.91 bits per heavy atom. The van der Waals surface area contributed by atoms with Crippen molar-refractivity contribution in [2.45, 2.75) is 0 Å². The van der Waals surface area contributed by atoms with Crippen molar-refractivity contribution in [3.05, 3.63) is 64.4 Å². The van der Waals surface area contributed by atoms with Gasteiger partial charge >= 0.3 is 0 Å². The molecule has 114 valence electrons. The van der Waals surface area contributed by atoms with E-state index in [1.807, 2.05) is 0 Å². The number of halogens is 2. The summed E-state index contributed by atoms with van der Waals surface area (Å²) in [5.41, 5.74) is 0.960. The van der Waals surface area contributed by atoms with Crippen LogP contribution in [0.1, 0.15) is 15.9 Å². The third kappa shape index (κ3) is 3.65. The molecule has 2 rings (SSSR count). The Morgan fingerprint density at radius 3 is 2.55 bits per heavy atom. The van der Waals surface area contributed by atoms with E-state index in [0.29, 0.717) is 11.5 Å². The molecule has 0 N–H and O–H groups in total. The fourth-order valence-corrected chi connectivity index (χ4v) is 2.16. The molecule has 0 heterocycles. The fraction of sp³-hybridized carbons (Fsp3) is 0.118. The van der Waals surface area contributed by atoms with Crippen molar-refractivity contribution < 1.29 is 18.7 Å². The number of ether oxygens (including phenoxy) is 2. The summed E-state index contributed by atoms with van der Waals surface area (Å²) in [6.45, 7) is 0. The summed E-state index contributed by atoms with van der Waals surface area (Å²) in [6, 6.07) is 8.91. The number of allylic oxidation sites excluding steroid dienone is 1. The summed E-state index contributed by atoms with van der Waals surface area (Å²) in [5, 5.41) is 0.0799. The van der Waals surface area contributed by atoms with Crippen LogP contribution in [0.15, 0.2) is 42.5 Å². The third-order valence-corrected chi connectivity index (χ3v) is 3.36. The average Bonchev–Trinajstić information content (AvgIpc) is 2.52. The quantitative estimate of drug-likeness (QED) is 0.605. The van der Waals surface area contributed by atoms with Crippen LogP contribution in [-0.4, -0.2) is 20.0 Å². The van der Waals surface area contributed by atoms with Gasteiger partial charge in [-0.3, -0.25) is 4.79 Å². The predicted octanol–water partition coefficient (Wildman–Crippen LogP) is 4.39. The third-order valence-electron chi connectivity index (χ3n) is 3.05. The first kappa shape index (κ1) is 16.0. The van der Waals surface area contributed by atoms with Crippen molar-refractivity contribution in [3.63, 3.8) is 0 Å². The molecule has 0 aliphatic rings. The monoisotopic (exact) mass is 320 g/mol. The zero-order valence-corrected chi connectivity index (χ0v) is 12.9. The normalized spacial score (nSPS) is 10.7. The molecule has 0 aliphatic carbocycles. The molecule has 0 spiro atoms. The number of hydrogen-bond donors (Lipinski definition) is 0. The lowest BCUT2D eigenvalue weighted by Crippen LogP contribution is -1.96. The van der Waals surface area contributed by atoms with Crippen molar-refractivity contribution in [2.75, 3.05) is 14.2 Å². The minimum absolute atomic E-state index is 0.0799. The fourth-order valence-electron chi connectivity index (χ4n) is 1.90. The SMILES string of the molecule is COc1ccc(/C=C/C(=O)c2ccc(F)cc2Cl)c(OC)c1. The van der Waals surface area contributed by atoms with Gasteiger partial charge in [-0.05, 0) is 42.5 Å². The molecule has 3 nitrogen and oxygen atoms in total. The zero-order chi connectivity index (χ0) is 16.1. The van der Waals surface area contributed by atoms with Gasteiger partial charge in [0.1, 0.15) is 17.3 Å². The van der Waals surface area contributed by atoms with Crippen LogP contribution < -0.4 is 9.47 Å². The van der Waals surface area contributed by atoms with Crippen LogP contribution in [0.25, 0.3) is 6.08 Å². The Kier molecular flexibility index (Phi) is 5.17. The first-order valence-electron chi connectivity index (χ1n) is 6.44. The van der Waals surface area contributed by atoms with Gasteiger partial charge in [0, 0.05) is 17.2 Å². The maximum Gasteiger partial charge on any atom is 0.187 e. The first-order valence-corrected chi connectivity index (χ1v) is 6.82. The molecule has 0 saturated carbocycles. The molecule has 0 radical (unpaired) electrons. The molecule has 0 fully saturated rings. The molecule has 2 aromatic rings. The lowest BCUT2D eigenvalue weighted by molar-refractivity contribution is 0.104. The number of carbonyl (C=O) groups excluding carboxylic acids is 1. The minimum atomic E-state index is -0.484. The predicted molar refractivity (Wildman–Crippen MR) is 84.3 cm³/mol. The summed E-state index contributed by atoms with van der Waals surface area (Å²) in [6.07, 6.45) is 2.98. The maximum atomic E-state index is 13.0. The molecule has 0 aliphatic heterocycles. The van der Waals surface area contributed by atoms with Gasteiger partial charge in [0.25, 0.3) is 0 Å². The summed E-state index contributed by atoms with van der Waals surface area (Å²) in [4.78, 5) is 12.1. The molecule has 0 saturated heterocycles. The molecule has 0 unspecified atom stereocenters. The Balaban J connectivity index is 2.26. The van der Waals surface area contributed by atoms with Gasteiger partial charge in [-0.25, -0.2) is 4.39 Å². The second-order valence-corrected chi connectivity index (χ2v) is 4.84. The van der Waals surface area contributed by atoms with Crippen LogP contribution in [0.3, 0.4) is 0 Å². The van der Waals surface area contributed by atoms with E-state index in [1.165, 1.54) is 25.3 Å². The molecule has 2 aromatic carbocycles. The van der Waals surface area contributed by atoms with Crippen LogP contribution in [-0.2, 0) is 0 Å². The summed E-state index contributed by atoms with van der Waals surface area (Å²) < 4.78 is 23.3. The number of carbonyl (C=O) groups is 1. The van der Waals surface area contributed by atoms with Crippen molar-refractivity contribution in [2.24, 2.45) is 0 Å². The van der Waals surface area contributed by atoms with Crippen LogP contribution in [0.2, 0.25) is 5.02 Å². The lowest BCUT2D eigenvalue weighted by Gasteiger charge is -2.07. The molecular formula is C17H14ClFO3. The van der Waals surface area contributed by atoms with E-state index >= 15 is 0 Å². The van der Waals surface area contributed by atoms with E-state index in [0.717, 1.165) is 11.6 Å². The molecule has 0 aromatic heterocycles. The summed E-state index contributed by atoms with van der Waals surface area (Å²) in [7, 11) is 3.09. The van der Waals surface area contributed by atoms with Crippen molar-refractivity contribution in [1.82, 2.24) is 0 Å². The maximum absolute atomic E-state index is 13.0. The Morgan fingerprint density at radius 1 is 1.14 bits per heavy atom. The molecular weight excluding hydrogens is 307 g/mol. The standard InChI is InChI=1S/C17H14ClFO3/c1-21-13-6-3-11(17(10-13)22-2)4-8-16(20)14-7-5-12(19)9-15(14)18/h3-10H,1-2H3/b8-4+. The van der Waals surface area contributed by atoms with E-state index in [9.17, 15) is 9.18 Å². The lowest BCUT2D eigenvalue weighted by atomic mass is 10.1. The number of benzene rings is 2. The number of hydrogen-bond acceptors (Lipinski definition) is 3. The van der Waals surface area contributed by atoms with E-state index in [1.54, 1.807) is 31.4 Å². The second kappa shape index (κ2) is 7.09. The Labute approximate surface area is 132 Å². The Bertz CT molecular complexity index is 726. The smallest absolute Gasteiger partial charge is 0.187 e. The van der Waals surface area contributed by atoms with Gasteiger partial charge in [0.2, 0.25) is 0 Å². The van der Waals surface area contributed by atoms with E-state index in [-0.39, 0.29) is 16.4 Å². The highest BCUT2D eigenvalue weighted by Crippen LogP contribution is 2.26. The summed E-state index contributed by atoms with van der Waals surface area (Å²) in [5.74, 6) is 0.431. The van der Waals surface area contributed by atoms with E-state index < -0.39 is 5.82 Å². The van der Waals surface area contributed by atoms with Crippen LogP contribution in [0, 0.1) is 5.82 Å². The highest BCUT2D eigenvalue weighted by atomic mass is 35.5. The van der Waals surface area contributed by atoms with Crippen LogP contribution in [0.4, 0.5) is 4.39 Å². The second-order valence-electron chi connectivity index (χ2n) is 4.43. The summed E-state index contributed by atoms with van der Waals surface area (Å²) >= 11 is 5.87. The molecule has 0 amide bonds. The van der Waals surface area contributed by atoms with Crippen LogP contribution in [0.5, 0.6) is 11.5 Å². The highest BCUT2D eigenvalue weighted by molar-refractivity contribution is 6.34.